The van der Waals surface area contributed by atoms with Crippen LogP contribution in [0.25, 0.3) is 0 Å². The van der Waals surface area contributed by atoms with Gasteiger partial charge in [0, 0.05) is 12.0 Å². The van der Waals surface area contributed by atoms with Crippen molar-refractivity contribution in [3.8, 4) is 5.75 Å². The van der Waals surface area contributed by atoms with Gasteiger partial charge in [-0.05, 0) is 29.9 Å². The molecule has 0 bridgehead atoms. The van der Waals surface area contributed by atoms with Crippen molar-refractivity contribution in [3.63, 3.8) is 0 Å². The number of ether oxygens (including phenoxy) is 1. The second-order valence-electron chi connectivity index (χ2n) is 4.24. The van der Waals surface area contributed by atoms with E-state index in [4.69, 9.17) is 4.74 Å². The number of rotatable bonds is 1. The van der Waals surface area contributed by atoms with E-state index >= 15 is 0 Å². The van der Waals surface area contributed by atoms with Crippen LogP contribution in [0.1, 0.15) is 30.4 Å². The molecule has 1 fully saturated rings. The summed E-state index contributed by atoms with van der Waals surface area (Å²) >= 11 is 0. The van der Waals surface area contributed by atoms with Gasteiger partial charge in [-0.25, -0.2) is 0 Å². The highest BCUT2D eigenvalue weighted by Crippen LogP contribution is 2.49. The van der Waals surface area contributed by atoms with Crippen molar-refractivity contribution >= 4 is 0 Å². The zero-order valence-electron chi connectivity index (χ0n) is 7.92. The molecule has 0 amide bonds. The standard InChI is InChI=1S/C12H14O/c1-8-7-11(8)9-3-2-4-12-10(9)5-6-13-12/h2-4,8,11H,5-7H2,1H3/t8-,11?/m0/s1. The molecule has 0 saturated heterocycles. The molecule has 13 heavy (non-hydrogen) atoms. The second kappa shape index (κ2) is 2.50. The Hall–Kier alpha value is -0.980. The van der Waals surface area contributed by atoms with Gasteiger partial charge in [0.25, 0.3) is 0 Å². The van der Waals surface area contributed by atoms with Crippen molar-refractivity contribution in [2.75, 3.05) is 6.61 Å². The Kier molecular flexibility index (Phi) is 1.43. The Morgan fingerprint density at radius 2 is 2.23 bits per heavy atom. The molecule has 0 N–H and O–H groups in total. The molecule has 3 rings (SSSR count). The van der Waals surface area contributed by atoms with Gasteiger partial charge in [-0.2, -0.15) is 0 Å². The minimum atomic E-state index is 0.830. The zero-order valence-corrected chi connectivity index (χ0v) is 7.92. The van der Waals surface area contributed by atoms with Crippen molar-refractivity contribution in [2.45, 2.75) is 25.7 Å². The molecule has 1 aromatic carbocycles. The maximum atomic E-state index is 5.55. The van der Waals surface area contributed by atoms with Gasteiger partial charge < -0.3 is 4.74 Å². The van der Waals surface area contributed by atoms with Crippen LogP contribution in [0, 0.1) is 5.92 Å². The number of fused-ring (bicyclic) bond motifs is 1. The third-order valence-electron chi connectivity index (χ3n) is 3.29. The van der Waals surface area contributed by atoms with Gasteiger partial charge in [-0.1, -0.05) is 19.1 Å². The molecule has 1 heterocycles. The van der Waals surface area contributed by atoms with E-state index in [0.717, 1.165) is 30.6 Å². The molecular formula is C12H14O. The van der Waals surface area contributed by atoms with E-state index in [2.05, 4.69) is 25.1 Å². The molecule has 1 aliphatic carbocycles. The molecule has 1 heteroatoms. The zero-order chi connectivity index (χ0) is 8.84. The molecule has 1 saturated carbocycles. The van der Waals surface area contributed by atoms with Crippen LogP contribution in [0.3, 0.4) is 0 Å². The van der Waals surface area contributed by atoms with Gasteiger partial charge in [0.1, 0.15) is 5.75 Å². The van der Waals surface area contributed by atoms with Gasteiger partial charge in [0.05, 0.1) is 6.61 Å². The fourth-order valence-electron chi connectivity index (χ4n) is 2.35. The predicted molar refractivity (Wildman–Crippen MR) is 52.2 cm³/mol. The fraction of sp³-hybridized carbons (Fsp3) is 0.500. The largest absolute Gasteiger partial charge is 0.493 e. The van der Waals surface area contributed by atoms with E-state index < -0.39 is 0 Å². The Morgan fingerprint density at radius 1 is 1.38 bits per heavy atom. The van der Waals surface area contributed by atoms with E-state index in [-0.39, 0.29) is 0 Å². The third kappa shape index (κ3) is 1.06. The van der Waals surface area contributed by atoms with E-state index in [1.807, 2.05) is 0 Å². The SMILES string of the molecule is C[C@H]1CC1c1cccc2c1CCO2. The van der Waals surface area contributed by atoms with Crippen molar-refractivity contribution in [2.24, 2.45) is 5.92 Å². The summed E-state index contributed by atoms with van der Waals surface area (Å²) in [5.41, 5.74) is 3.04. The predicted octanol–water partition coefficient (Wildman–Crippen LogP) is 2.74. The maximum absolute atomic E-state index is 5.55. The van der Waals surface area contributed by atoms with Crippen LogP contribution in [0.2, 0.25) is 0 Å². The molecule has 1 nitrogen and oxygen atoms in total. The van der Waals surface area contributed by atoms with Crippen LogP contribution in [-0.2, 0) is 6.42 Å². The molecule has 1 unspecified atom stereocenters. The Bertz CT molecular complexity index is 343. The molecule has 1 aromatic rings. The van der Waals surface area contributed by atoms with Crippen molar-refractivity contribution < 1.29 is 4.74 Å². The number of benzene rings is 1. The summed E-state index contributed by atoms with van der Waals surface area (Å²) in [5, 5.41) is 0. The lowest BCUT2D eigenvalue weighted by atomic mass is 10.0. The number of hydrogen-bond donors (Lipinski definition) is 0. The summed E-state index contributed by atoms with van der Waals surface area (Å²) in [6, 6.07) is 6.51. The van der Waals surface area contributed by atoms with Gasteiger partial charge in [-0.3, -0.25) is 0 Å². The second-order valence-corrected chi connectivity index (χ2v) is 4.24. The minimum absolute atomic E-state index is 0.830. The summed E-state index contributed by atoms with van der Waals surface area (Å²) in [4.78, 5) is 0. The van der Waals surface area contributed by atoms with Crippen molar-refractivity contribution in [1.29, 1.82) is 0 Å². The minimum Gasteiger partial charge on any atom is -0.493 e. The highest BCUT2D eigenvalue weighted by Gasteiger charge is 2.36. The van der Waals surface area contributed by atoms with E-state index in [1.54, 1.807) is 5.56 Å². The molecule has 0 aromatic heterocycles. The fourth-order valence-corrected chi connectivity index (χ4v) is 2.35. The average Bonchev–Trinajstić information content (AvgIpc) is 2.66. The molecule has 68 valence electrons. The highest BCUT2D eigenvalue weighted by atomic mass is 16.5. The third-order valence-corrected chi connectivity index (χ3v) is 3.29. The first-order chi connectivity index (χ1) is 6.36. The van der Waals surface area contributed by atoms with Crippen LogP contribution in [-0.4, -0.2) is 6.61 Å². The lowest BCUT2D eigenvalue weighted by Crippen LogP contribution is -1.89. The average molecular weight is 174 g/mol. The van der Waals surface area contributed by atoms with Gasteiger partial charge in [0.15, 0.2) is 0 Å². The van der Waals surface area contributed by atoms with Crippen molar-refractivity contribution in [3.05, 3.63) is 29.3 Å². The first-order valence-corrected chi connectivity index (χ1v) is 5.11. The Labute approximate surface area is 78.7 Å². The maximum Gasteiger partial charge on any atom is 0.122 e. The van der Waals surface area contributed by atoms with E-state index in [0.29, 0.717) is 0 Å². The highest BCUT2D eigenvalue weighted by molar-refractivity contribution is 5.46. The van der Waals surface area contributed by atoms with Crippen LogP contribution < -0.4 is 4.74 Å². The molecular weight excluding hydrogens is 160 g/mol. The first kappa shape index (κ1) is 7.43. The summed E-state index contributed by atoms with van der Waals surface area (Å²) in [5.74, 6) is 2.86. The molecule has 1 aliphatic heterocycles. The van der Waals surface area contributed by atoms with Crippen LogP contribution >= 0.6 is 0 Å². The smallest absolute Gasteiger partial charge is 0.122 e. The van der Waals surface area contributed by atoms with Gasteiger partial charge >= 0.3 is 0 Å². The first-order valence-electron chi connectivity index (χ1n) is 5.11. The summed E-state index contributed by atoms with van der Waals surface area (Å²) in [6.45, 7) is 3.22. The lowest BCUT2D eigenvalue weighted by molar-refractivity contribution is 0.357. The topological polar surface area (TPSA) is 9.23 Å². The van der Waals surface area contributed by atoms with E-state index in [1.165, 1.54) is 12.0 Å². The quantitative estimate of drug-likeness (QED) is 0.636. The summed E-state index contributed by atoms with van der Waals surface area (Å²) in [7, 11) is 0. The summed E-state index contributed by atoms with van der Waals surface area (Å²) < 4.78 is 5.55. The van der Waals surface area contributed by atoms with Crippen LogP contribution in [0.4, 0.5) is 0 Å². The molecule has 2 aliphatic rings. The van der Waals surface area contributed by atoms with Crippen LogP contribution in [0.15, 0.2) is 18.2 Å². The monoisotopic (exact) mass is 174 g/mol. The molecule has 0 radical (unpaired) electrons. The van der Waals surface area contributed by atoms with E-state index in [9.17, 15) is 0 Å². The Balaban J connectivity index is 2.05. The van der Waals surface area contributed by atoms with Gasteiger partial charge in [-0.15, -0.1) is 0 Å². The normalized spacial score (nSPS) is 29.6. The van der Waals surface area contributed by atoms with Gasteiger partial charge in [0.2, 0.25) is 0 Å². The Morgan fingerprint density at radius 3 is 3.00 bits per heavy atom. The van der Waals surface area contributed by atoms with Crippen molar-refractivity contribution in [1.82, 2.24) is 0 Å². The van der Waals surface area contributed by atoms with Crippen LogP contribution in [0.5, 0.6) is 5.75 Å². The number of hydrogen-bond acceptors (Lipinski definition) is 1. The molecule has 2 atom stereocenters. The summed E-state index contributed by atoms with van der Waals surface area (Å²) in [6.07, 6.45) is 2.49. The lowest BCUT2D eigenvalue weighted by Gasteiger charge is -2.04. The molecule has 0 spiro atoms.